The number of aryl methyl sites for hydroxylation is 1. The Morgan fingerprint density at radius 1 is 1.42 bits per heavy atom. The minimum Gasteiger partial charge on any atom is -0.444 e. The summed E-state index contributed by atoms with van der Waals surface area (Å²) in [5.74, 6) is 0. The van der Waals surface area contributed by atoms with Crippen molar-refractivity contribution in [1.82, 2.24) is 5.32 Å². The van der Waals surface area contributed by atoms with Crippen molar-refractivity contribution in [3.63, 3.8) is 0 Å². The lowest BCUT2D eigenvalue weighted by molar-refractivity contribution is 0.0500. The van der Waals surface area contributed by atoms with E-state index in [0.717, 1.165) is 30.5 Å². The van der Waals surface area contributed by atoms with Crippen molar-refractivity contribution in [1.29, 1.82) is 0 Å². The van der Waals surface area contributed by atoms with Gasteiger partial charge >= 0.3 is 6.09 Å². The summed E-state index contributed by atoms with van der Waals surface area (Å²) in [5.41, 5.74) is 8.80. The zero-order chi connectivity index (χ0) is 14.0. The first-order valence-corrected chi connectivity index (χ1v) is 6.71. The predicted molar refractivity (Wildman–Crippen MR) is 76.0 cm³/mol. The van der Waals surface area contributed by atoms with Crippen LogP contribution in [0.5, 0.6) is 0 Å². The van der Waals surface area contributed by atoms with E-state index in [2.05, 4.69) is 11.4 Å². The fourth-order valence-electron chi connectivity index (χ4n) is 2.41. The summed E-state index contributed by atoms with van der Waals surface area (Å²) < 4.78 is 5.28. The molecule has 1 aliphatic carbocycles. The maximum atomic E-state index is 11.8. The molecule has 1 atom stereocenters. The van der Waals surface area contributed by atoms with Gasteiger partial charge in [-0.15, -0.1) is 0 Å². The smallest absolute Gasteiger partial charge is 0.407 e. The van der Waals surface area contributed by atoms with E-state index in [9.17, 15) is 4.79 Å². The zero-order valence-electron chi connectivity index (χ0n) is 11.8. The third-order valence-corrected chi connectivity index (χ3v) is 3.24. The summed E-state index contributed by atoms with van der Waals surface area (Å²) >= 11 is 0. The van der Waals surface area contributed by atoms with Crippen molar-refractivity contribution in [2.75, 3.05) is 5.73 Å². The van der Waals surface area contributed by atoms with Gasteiger partial charge in [-0.1, -0.05) is 12.1 Å². The largest absolute Gasteiger partial charge is 0.444 e. The van der Waals surface area contributed by atoms with Crippen molar-refractivity contribution in [3.05, 3.63) is 29.3 Å². The number of fused-ring (bicyclic) bond motifs is 1. The first-order valence-electron chi connectivity index (χ1n) is 6.71. The van der Waals surface area contributed by atoms with Gasteiger partial charge < -0.3 is 15.8 Å². The fourth-order valence-corrected chi connectivity index (χ4v) is 2.41. The van der Waals surface area contributed by atoms with Gasteiger partial charge in [0.15, 0.2) is 0 Å². The normalized spacial score (nSPS) is 18.6. The molecule has 4 nitrogen and oxygen atoms in total. The second kappa shape index (κ2) is 5.11. The van der Waals surface area contributed by atoms with E-state index in [1.165, 1.54) is 5.56 Å². The lowest BCUT2D eigenvalue weighted by atomic mass is 9.87. The molecule has 0 aliphatic heterocycles. The lowest BCUT2D eigenvalue weighted by Crippen LogP contribution is -2.42. The van der Waals surface area contributed by atoms with Crippen LogP contribution in [0.15, 0.2) is 18.2 Å². The number of hydrogen-bond acceptors (Lipinski definition) is 3. The standard InChI is InChI=1S/C15H22N2O2/c1-15(2,3)19-14(18)17-11-8-7-10-5-4-6-13(16)12(10)9-11/h4-6,11H,7-9,16H2,1-3H3,(H,17,18). The molecule has 1 aromatic rings. The average Bonchev–Trinajstić information content (AvgIpc) is 2.27. The third-order valence-electron chi connectivity index (χ3n) is 3.24. The van der Waals surface area contributed by atoms with E-state index in [1.54, 1.807) is 0 Å². The van der Waals surface area contributed by atoms with Crippen LogP contribution in [0.2, 0.25) is 0 Å². The number of hydrogen-bond donors (Lipinski definition) is 2. The molecule has 0 aromatic heterocycles. The molecule has 0 saturated carbocycles. The molecular formula is C15H22N2O2. The van der Waals surface area contributed by atoms with Crippen LogP contribution in [-0.2, 0) is 17.6 Å². The first kappa shape index (κ1) is 13.7. The molecule has 3 N–H and O–H groups in total. The molecule has 0 radical (unpaired) electrons. The highest BCUT2D eigenvalue weighted by Gasteiger charge is 2.24. The van der Waals surface area contributed by atoms with E-state index in [1.807, 2.05) is 32.9 Å². The summed E-state index contributed by atoms with van der Waals surface area (Å²) in [6.45, 7) is 5.59. The minimum absolute atomic E-state index is 0.104. The Bertz CT molecular complexity index is 478. The summed E-state index contributed by atoms with van der Waals surface area (Å²) in [5, 5.41) is 2.93. The number of carbonyl (C=O) groups excluding carboxylic acids is 1. The summed E-state index contributed by atoms with van der Waals surface area (Å²) in [6, 6.07) is 6.10. The molecular weight excluding hydrogens is 240 g/mol. The number of nitrogens with one attached hydrogen (secondary N) is 1. The van der Waals surface area contributed by atoms with Gasteiger partial charge in [0.1, 0.15) is 5.60 Å². The number of nitrogens with two attached hydrogens (primary N) is 1. The van der Waals surface area contributed by atoms with Crippen LogP contribution < -0.4 is 11.1 Å². The number of ether oxygens (including phenoxy) is 1. The fraction of sp³-hybridized carbons (Fsp3) is 0.533. The number of amides is 1. The molecule has 1 aliphatic rings. The molecule has 4 heteroatoms. The molecule has 1 amide bonds. The Hall–Kier alpha value is -1.71. The van der Waals surface area contributed by atoms with Crippen molar-refractivity contribution in [3.8, 4) is 0 Å². The Kier molecular flexibility index (Phi) is 3.69. The Morgan fingerprint density at radius 2 is 2.16 bits per heavy atom. The molecule has 1 unspecified atom stereocenters. The second-order valence-corrected chi connectivity index (χ2v) is 6.07. The number of rotatable bonds is 1. The van der Waals surface area contributed by atoms with E-state index < -0.39 is 5.60 Å². The van der Waals surface area contributed by atoms with Crippen LogP contribution in [-0.4, -0.2) is 17.7 Å². The molecule has 0 heterocycles. The quantitative estimate of drug-likeness (QED) is 0.765. The van der Waals surface area contributed by atoms with Gasteiger partial charge in [0, 0.05) is 11.7 Å². The van der Waals surface area contributed by atoms with Gasteiger partial charge in [0.05, 0.1) is 0 Å². The van der Waals surface area contributed by atoms with Crippen molar-refractivity contribution in [2.45, 2.75) is 51.7 Å². The Labute approximate surface area is 114 Å². The van der Waals surface area contributed by atoms with Gasteiger partial charge in [-0.05, 0) is 57.2 Å². The number of anilines is 1. The third kappa shape index (κ3) is 3.63. The SMILES string of the molecule is CC(C)(C)OC(=O)NC1CCc2cccc(N)c2C1. The Balaban J connectivity index is 1.99. The van der Waals surface area contributed by atoms with Crippen molar-refractivity contribution in [2.24, 2.45) is 0 Å². The number of alkyl carbamates (subject to hydrolysis) is 1. The first-order chi connectivity index (χ1) is 8.85. The maximum Gasteiger partial charge on any atom is 0.407 e. The highest BCUT2D eigenvalue weighted by Crippen LogP contribution is 2.26. The zero-order valence-corrected chi connectivity index (χ0v) is 11.8. The van der Waals surface area contributed by atoms with E-state index in [-0.39, 0.29) is 12.1 Å². The topological polar surface area (TPSA) is 64.3 Å². The van der Waals surface area contributed by atoms with E-state index in [4.69, 9.17) is 10.5 Å². The van der Waals surface area contributed by atoms with Crippen LogP contribution in [0, 0.1) is 0 Å². The average molecular weight is 262 g/mol. The van der Waals surface area contributed by atoms with Gasteiger partial charge in [0.25, 0.3) is 0 Å². The van der Waals surface area contributed by atoms with Crippen molar-refractivity contribution < 1.29 is 9.53 Å². The monoisotopic (exact) mass is 262 g/mol. The molecule has 0 spiro atoms. The maximum absolute atomic E-state index is 11.8. The summed E-state index contributed by atoms with van der Waals surface area (Å²) in [7, 11) is 0. The molecule has 1 aromatic carbocycles. The predicted octanol–water partition coefficient (Wildman–Crippen LogP) is 2.65. The van der Waals surface area contributed by atoms with Crippen LogP contribution >= 0.6 is 0 Å². The van der Waals surface area contributed by atoms with Crippen LogP contribution in [0.4, 0.5) is 10.5 Å². The van der Waals surface area contributed by atoms with Crippen LogP contribution in [0.25, 0.3) is 0 Å². The summed E-state index contributed by atoms with van der Waals surface area (Å²) in [6.07, 6.45) is 2.30. The molecule has 0 bridgehead atoms. The van der Waals surface area contributed by atoms with Gasteiger partial charge in [-0.25, -0.2) is 4.79 Å². The van der Waals surface area contributed by atoms with Crippen LogP contribution in [0.1, 0.15) is 38.3 Å². The molecule has 19 heavy (non-hydrogen) atoms. The minimum atomic E-state index is -0.463. The molecule has 0 fully saturated rings. The highest BCUT2D eigenvalue weighted by molar-refractivity contribution is 5.68. The Morgan fingerprint density at radius 3 is 2.84 bits per heavy atom. The lowest BCUT2D eigenvalue weighted by Gasteiger charge is -2.28. The molecule has 104 valence electrons. The van der Waals surface area contributed by atoms with Gasteiger partial charge in [0.2, 0.25) is 0 Å². The van der Waals surface area contributed by atoms with Gasteiger partial charge in [-0.3, -0.25) is 0 Å². The number of carbonyl (C=O) groups is 1. The van der Waals surface area contributed by atoms with Crippen LogP contribution in [0.3, 0.4) is 0 Å². The summed E-state index contributed by atoms with van der Waals surface area (Å²) in [4.78, 5) is 11.8. The highest BCUT2D eigenvalue weighted by atomic mass is 16.6. The van der Waals surface area contributed by atoms with Crippen molar-refractivity contribution >= 4 is 11.8 Å². The van der Waals surface area contributed by atoms with E-state index >= 15 is 0 Å². The molecule has 2 rings (SSSR count). The van der Waals surface area contributed by atoms with Gasteiger partial charge in [-0.2, -0.15) is 0 Å². The van der Waals surface area contributed by atoms with E-state index in [0.29, 0.717) is 0 Å². The number of benzene rings is 1. The second-order valence-electron chi connectivity index (χ2n) is 6.07. The number of nitrogen functional groups attached to an aromatic ring is 1. The molecule has 0 saturated heterocycles.